The largest absolute Gasteiger partial charge is 0.392 e. The molecule has 24 heavy (non-hydrogen) atoms. The van der Waals surface area contributed by atoms with Crippen LogP contribution in [0.25, 0.3) is 0 Å². The fraction of sp³-hybridized carbons (Fsp3) is 0.444. The highest BCUT2D eigenvalue weighted by atomic mass is 16.3. The Kier molecular flexibility index (Phi) is 6.81. The lowest BCUT2D eigenvalue weighted by Crippen LogP contribution is -2.30. The third-order valence-corrected chi connectivity index (χ3v) is 3.98. The van der Waals surface area contributed by atoms with Gasteiger partial charge < -0.3 is 15.7 Å². The molecule has 0 radical (unpaired) electrons. The third kappa shape index (κ3) is 5.09. The molecule has 0 saturated carbocycles. The maximum Gasteiger partial charge on any atom is 0.319 e. The number of nitrogens with one attached hydrogen (secondary N) is 2. The fourth-order valence-electron chi connectivity index (χ4n) is 2.40. The molecule has 2 amide bonds. The molecular formula is C18H26N4O2. The van der Waals surface area contributed by atoms with Gasteiger partial charge in [0.25, 0.3) is 0 Å². The Balaban J connectivity index is 1.77. The summed E-state index contributed by atoms with van der Waals surface area (Å²) < 4.78 is 1.92. The van der Waals surface area contributed by atoms with Crippen LogP contribution in [0.2, 0.25) is 0 Å². The average Bonchev–Trinajstić information content (AvgIpc) is 2.93. The Bertz CT molecular complexity index is 650. The second kappa shape index (κ2) is 9.08. The molecule has 2 aromatic rings. The number of amides is 2. The highest BCUT2D eigenvalue weighted by Gasteiger charge is 2.09. The number of aromatic nitrogens is 2. The van der Waals surface area contributed by atoms with E-state index in [1.807, 2.05) is 35.9 Å². The predicted molar refractivity (Wildman–Crippen MR) is 95.0 cm³/mol. The number of hydrogen-bond donors (Lipinski definition) is 3. The minimum Gasteiger partial charge on any atom is -0.392 e. The molecule has 0 aliphatic rings. The van der Waals surface area contributed by atoms with E-state index in [-0.39, 0.29) is 12.6 Å². The maximum absolute atomic E-state index is 12.0. The van der Waals surface area contributed by atoms with E-state index in [0.29, 0.717) is 6.54 Å². The van der Waals surface area contributed by atoms with Crippen molar-refractivity contribution < 1.29 is 9.90 Å². The number of carbonyl (C=O) groups is 1. The lowest BCUT2D eigenvalue weighted by molar-refractivity contribution is 0.252. The molecule has 0 aliphatic heterocycles. The average molecular weight is 330 g/mol. The number of aliphatic hydroxyl groups is 1. The van der Waals surface area contributed by atoms with Gasteiger partial charge in [-0.1, -0.05) is 37.6 Å². The molecule has 130 valence electrons. The molecule has 0 saturated heterocycles. The first-order valence-electron chi connectivity index (χ1n) is 8.40. The number of hydrogen-bond acceptors (Lipinski definition) is 3. The smallest absolute Gasteiger partial charge is 0.319 e. The van der Waals surface area contributed by atoms with E-state index in [1.165, 1.54) is 0 Å². The number of urea groups is 1. The number of aliphatic hydroxyl groups excluding tert-OH is 1. The van der Waals surface area contributed by atoms with Crippen LogP contribution in [0.4, 0.5) is 10.5 Å². The third-order valence-electron chi connectivity index (χ3n) is 3.98. The van der Waals surface area contributed by atoms with Crippen LogP contribution < -0.4 is 10.6 Å². The van der Waals surface area contributed by atoms with E-state index in [0.717, 1.165) is 48.3 Å². The van der Waals surface area contributed by atoms with Gasteiger partial charge in [0, 0.05) is 13.1 Å². The van der Waals surface area contributed by atoms with Crippen LogP contribution in [-0.4, -0.2) is 27.5 Å². The van der Waals surface area contributed by atoms with Crippen molar-refractivity contribution in [1.82, 2.24) is 15.1 Å². The first-order chi connectivity index (χ1) is 11.6. The summed E-state index contributed by atoms with van der Waals surface area (Å²) in [5.41, 5.74) is 3.73. The van der Waals surface area contributed by atoms with Crippen molar-refractivity contribution in [3.8, 4) is 0 Å². The van der Waals surface area contributed by atoms with E-state index < -0.39 is 0 Å². The van der Waals surface area contributed by atoms with Gasteiger partial charge in [-0.3, -0.25) is 4.68 Å². The van der Waals surface area contributed by atoms with Crippen LogP contribution in [0, 0.1) is 6.92 Å². The molecule has 6 nitrogen and oxygen atoms in total. The quantitative estimate of drug-likeness (QED) is 0.696. The number of rotatable bonds is 8. The molecule has 1 aromatic carbocycles. The van der Waals surface area contributed by atoms with E-state index in [4.69, 9.17) is 5.11 Å². The zero-order chi connectivity index (χ0) is 17.4. The highest BCUT2D eigenvalue weighted by Crippen LogP contribution is 2.14. The lowest BCUT2D eigenvalue weighted by Gasteiger charge is -2.08. The van der Waals surface area contributed by atoms with E-state index >= 15 is 0 Å². The Morgan fingerprint density at radius 3 is 2.62 bits per heavy atom. The molecule has 3 N–H and O–H groups in total. The molecule has 0 atom stereocenters. The van der Waals surface area contributed by atoms with Crippen molar-refractivity contribution >= 4 is 11.7 Å². The highest BCUT2D eigenvalue weighted by molar-refractivity contribution is 5.89. The van der Waals surface area contributed by atoms with Crippen molar-refractivity contribution in [1.29, 1.82) is 0 Å². The molecule has 0 unspecified atom stereocenters. The van der Waals surface area contributed by atoms with E-state index in [1.54, 1.807) is 6.20 Å². The minimum atomic E-state index is -0.222. The second-order valence-electron chi connectivity index (χ2n) is 5.83. The summed E-state index contributed by atoms with van der Waals surface area (Å²) in [4.78, 5) is 12.0. The normalized spacial score (nSPS) is 10.6. The van der Waals surface area contributed by atoms with Crippen LogP contribution in [-0.2, 0) is 19.6 Å². The SMILES string of the molecule is CCCCn1ncc(NC(=O)NCCc2ccc(CO)cc2)c1C. The summed E-state index contributed by atoms with van der Waals surface area (Å²) in [5.74, 6) is 0. The number of benzene rings is 1. The Labute approximate surface area is 142 Å². The number of nitrogens with zero attached hydrogens (tertiary/aromatic N) is 2. The van der Waals surface area contributed by atoms with Gasteiger partial charge in [0.2, 0.25) is 0 Å². The minimum absolute atomic E-state index is 0.0478. The van der Waals surface area contributed by atoms with Gasteiger partial charge in [-0.25, -0.2) is 4.79 Å². The number of unbranched alkanes of at least 4 members (excludes halogenated alkanes) is 1. The van der Waals surface area contributed by atoms with Crippen molar-refractivity contribution in [2.24, 2.45) is 0 Å². The Morgan fingerprint density at radius 1 is 1.25 bits per heavy atom. The van der Waals surface area contributed by atoms with Gasteiger partial charge in [-0.05, 0) is 30.9 Å². The van der Waals surface area contributed by atoms with E-state index in [9.17, 15) is 4.79 Å². The Hall–Kier alpha value is -2.34. The van der Waals surface area contributed by atoms with Crippen molar-refractivity contribution in [3.05, 3.63) is 47.3 Å². The molecular weight excluding hydrogens is 304 g/mol. The molecule has 2 rings (SSSR count). The number of carbonyl (C=O) groups excluding carboxylic acids is 1. The summed E-state index contributed by atoms with van der Waals surface area (Å²) in [7, 11) is 0. The molecule has 6 heteroatoms. The van der Waals surface area contributed by atoms with Gasteiger partial charge in [-0.15, -0.1) is 0 Å². The van der Waals surface area contributed by atoms with Crippen LogP contribution >= 0.6 is 0 Å². The molecule has 1 heterocycles. The maximum atomic E-state index is 12.0. The zero-order valence-electron chi connectivity index (χ0n) is 14.4. The van der Waals surface area contributed by atoms with Crippen LogP contribution in [0.5, 0.6) is 0 Å². The molecule has 0 spiro atoms. The fourth-order valence-corrected chi connectivity index (χ4v) is 2.40. The monoisotopic (exact) mass is 330 g/mol. The second-order valence-corrected chi connectivity index (χ2v) is 5.83. The predicted octanol–water partition coefficient (Wildman–Crippen LogP) is 2.85. The molecule has 1 aromatic heterocycles. The first kappa shape index (κ1) is 18.0. The van der Waals surface area contributed by atoms with Crippen LogP contribution in [0.3, 0.4) is 0 Å². The van der Waals surface area contributed by atoms with Crippen molar-refractivity contribution in [2.75, 3.05) is 11.9 Å². The van der Waals surface area contributed by atoms with Gasteiger partial charge in [0.1, 0.15) is 0 Å². The summed E-state index contributed by atoms with van der Waals surface area (Å²) >= 11 is 0. The Morgan fingerprint density at radius 2 is 1.96 bits per heavy atom. The van der Waals surface area contributed by atoms with Crippen molar-refractivity contribution in [2.45, 2.75) is 46.3 Å². The summed E-state index contributed by atoms with van der Waals surface area (Å²) in [5, 5.41) is 19.0. The lowest BCUT2D eigenvalue weighted by atomic mass is 10.1. The van der Waals surface area contributed by atoms with Crippen molar-refractivity contribution in [3.63, 3.8) is 0 Å². The van der Waals surface area contributed by atoms with Crippen LogP contribution in [0.1, 0.15) is 36.6 Å². The molecule has 0 fully saturated rings. The standard InChI is InChI=1S/C18H26N4O2/c1-3-4-11-22-14(2)17(12-20-22)21-18(24)19-10-9-15-5-7-16(13-23)8-6-15/h5-8,12,23H,3-4,9-11,13H2,1-2H3,(H2,19,21,24). The first-order valence-corrected chi connectivity index (χ1v) is 8.40. The van der Waals surface area contributed by atoms with Gasteiger partial charge >= 0.3 is 6.03 Å². The molecule has 0 bridgehead atoms. The summed E-state index contributed by atoms with van der Waals surface area (Å²) in [6.45, 7) is 5.57. The van der Waals surface area contributed by atoms with Gasteiger partial charge in [-0.2, -0.15) is 5.10 Å². The van der Waals surface area contributed by atoms with Gasteiger partial charge in [0.15, 0.2) is 0 Å². The summed E-state index contributed by atoms with van der Waals surface area (Å²) in [6.07, 6.45) is 4.62. The number of anilines is 1. The van der Waals surface area contributed by atoms with E-state index in [2.05, 4.69) is 22.7 Å². The zero-order valence-corrected chi connectivity index (χ0v) is 14.4. The molecule has 0 aliphatic carbocycles. The summed E-state index contributed by atoms with van der Waals surface area (Å²) in [6, 6.07) is 7.49. The number of aryl methyl sites for hydroxylation is 1. The van der Waals surface area contributed by atoms with Crippen LogP contribution in [0.15, 0.2) is 30.5 Å². The topological polar surface area (TPSA) is 79.2 Å². The van der Waals surface area contributed by atoms with Gasteiger partial charge in [0.05, 0.1) is 24.2 Å².